The molecule has 7 nitrogen and oxygen atoms in total. The minimum atomic E-state index is -0.382. The van der Waals surface area contributed by atoms with E-state index in [0.29, 0.717) is 22.2 Å². The van der Waals surface area contributed by atoms with E-state index in [0.717, 1.165) is 36.3 Å². The average molecular weight is 384 g/mol. The zero-order valence-corrected chi connectivity index (χ0v) is 15.9. The zero-order chi connectivity index (χ0) is 19.0. The van der Waals surface area contributed by atoms with Crippen molar-refractivity contribution in [3.05, 3.63) is 35.4 Å². The Morgan fingerprint density at radius 1 is 1.00 bits per heavy atom. The van der Waals surface area contributed by atoms with Gasteiger partial charge in [-0.3, -0.25) is 24.2 Å². The van der Waals surface area contributed by atoms with Crippen LogP contribution in [-0.2, 0) is 4.79 Å². The van der Waals surface area contributed by atoms with Gasteiger partial charge in [-0.2, -0.15) is 5.10 Å². The number of thioether (sulfide) groups is 1. The summed E-state index contributed by atoms with van der Waals surface area (Å²) in [5, 5.41) is 9.05. The number of rotatable bonds is 3. The van der Waals surface area contributed by atoms with Crippen molar-refractivity contribution >= 4 is 40.4 Å². The molecule has 140 valence electrons. The molecule has 1 saturated heterocycles. The number of nitrogens with zero attached hydrogens (tertiary/aromatic N) is 4. The smallest absolute Gasteiger partial charge is 0.263 e. The molecule has 3 amide bonds. The van der Waals surface area contributed by atoms with Gasteiger partial charge in [0.1, 0.15) is 6.67 Å². The lowest BCUT2D eigenvalue weighted by Gasteiger charge is -2.22. The Hall–Kier alpha value is -2.48. The maximum absolute atomic E-state index is 12.5. The number of benzene rings is 1. The molecular formula is C19H20N4O3S. The fourth-order valence-electron chi connectivity index (χ4n) is 3.43. The van der Waals surface area contributed by atoms with Crippen LogP contribution in [0.25, 0.3) is 0 Å². The molecule has 1 aliphatic carbocycles. The van der Waals surface area contributed by atoms with Gasteiger partial charge in [0.25, 0.3) is 11.8 Å². The summed E-state index contributed by atoms with van der Waals surface area (Å²) in [5.74, 6) is 0.0146. The van der Waals surface area contributed by atoms with Gasteiger partial charge in [-0.15, -0.1) is 5.10 Å². The number of hydrogen-bond donors (Lipinski definition) is 0. The number of carbonyl (C=O) groups excluding carboxylic acids is 3. The molecule has 0 bridgehead atoms. The van der Waals surface area contributed by atoms with E-state index in [2.05, 4.69) is 17.1 Å². The molecule has 0 aromatic heterocycles. The van der Waals surface area contributed by atoms with Gasteiger partial charge in [0.2, 0.25) is 5.91 Å². The van der Waals surface area contributed by atoms with E-state index in [1.165, 1.54) is 16.7 Å². The van der Waals surface area contributed by atoms with Gasteiger partial charge < -0.3 is 0 Å². The Bertz CT molecular complexity index is 834. The SMILES string of the molecule is CC1CCC(=N/N=C2\SCC(=O)N2CN2C(=O)c3ccccc3C2=O)CC1. The van der Waals surface area contributed by atoms with E-state index in [1.54, 1.807) is 24.3 Å². The van der Waals surface area contributed by atoms with Crippen LogP contribution in [0.4, 0.5) is 0 Å². The Labute approximate surface area is 161 Å². The van der Waals surface area contributed by atoms with E-state index in [1.807, 2.05) is 0 Å². The molecule has 0 atom stereocenters. The summed E-state index contributed by atoms with van der Waals surface area (Å²) < 4.78 is 0. The average Bonchev–Trinajstić information content (AvgIpc) is 3.15. The highest BCUT2D eigenvalue weighted by Gasteiger charge is 2.39. The second-order valence-corrected chi connectivity index (χ2v) is 8.01. The molecule has 0 radical (unpaired) electrons. The minimum Gasteiger partial charge on any atom is -0.273 e. The van der Waals surface area contributed by atoms with Crippen LogP contribution in [0.15, 0.2) is 34.5 Å². The van der Waals surface area contributed by atoms with Gasteiger partial charge in [-0.05, 0) is 43.7 Å². The molecule has 0 spiro atoms. The zero-order valence-electron chi connectivity index (χ0n) is 15.1. The number of amidine groups is 1. The monoisotopic (exact) mass is 384 g/mol. The maximum atomic E-state index is 12.5. The topological polar surface area (TPSA) is 82.4 Å². The third kappa shape index (κ3) is 3.41. The lowest BCUT2D eigenvalue weighted by Crippen LogP contribution is -2.43. The Balaban J connectivity index is 1.51. The first-order valence-electron chi connectivity index (χ1n) is 9.06. The second-order valence-electron chi connectivity index (χ2n) is 7.07. The molecule has 0 unspecified atom stereocenters. The molecule has 1 saturated carbocycles. The number of imide groups is 1. The molecule has 1 aromatic rings. The standard InChI is InChI=1S/C19H20N4O3S/c1-12-6-8-13(9-7-12)20-21-19-22(16(24)10-27-19)11-23-17(25)14-4-2-3-5-15(14)18(23)26/h2-5,12H,6-11H2,1H3/b20-13?,21-19-. The normalized spacial score (nSPS) is 24.2. The summed E-state index contributed by atoms with van der Waals surface area (Å²) in [6.45, 7) is 2.11. The van der Waals surface area contributed by atoms with Crippen LogP contribution in [0.5, 0.6) is 0 Å². The van der Waals surface area contributed by atoms with E-state index in [-0.39, 0.29) is 30.1 Å². The Kier molecular flexibility index (Phi) is 4.82. The van der Waals surface area contributed by atoms with Crippen molar-refractivity contribution in [1.82, 2.24) is 9.80 Å². The fraction of sp³-hybridized carbons (Fsp3) is 0.421. The van der Waals surface area contributed by atoms with Gasteiger partial charge >= 0.3 is 0 Å². The fourth-order valence-corrected chi connectivity index (χ4v) is 4.25. The van der Waals surface area contributed by atoms with Crippen LogP contribution in [0.1, 0.15) is 53.3 Å². The van der Waals surface area contributed by atoms with Crippen molar-refractivity contribution in [2.45, 2.75) is 32.6 Å². The van der Waals surface area contributed by atoms with Crippen LogP contribution >= 0.6 is 11.8 Å². The van der Waals surface area contributed by atoms with Crippen molar-refractivity contribution in [1.29, 1.82) is 0 Å². The highest BCUT2D eigenvalue weighted by atomic mass is 32.2. The molecule has 2 aliphatic heterocycles. The quantitative estimate of drug-likeness (QED) is 0.593. The van der Waals surface area contributed by atoms with Crippen LogP contribution in [0.3, 0.4) is 0 Å². The van der Waals surface area contributed by atoms with Gasteiger partial charge in [-0.1, -0.05) is 30.8 Å². The number of carbonyl (C=O) groups is 3. The molecule has 2 heterocycles. The Morgan fingerprint density at radius 2 is 1.63 bits per heavy atom. The van der Waals surface area contributed by atoms with Crippen molar-refractivity contribution in [3.63, 3.8) is 0 Å². The first-order chi connectivity index (χ1) is 13.0. The van der Waals surface area contributed by atoms with E-state index in [9.17, 15) is 14.4 Å². The number of amides is 3. The predicted octanol–water partition coefficient (Wildman–Crippen LogP) is 2.74. The van der Waals surface area contributed by atoms with E-state index >= 15 is 0 Å². The summed E-state index contributed by atoms with van der Waals surface area (Å²) in [5.41, 5.74) is 1.79. The van der Waals surface area contributed by atoms with Crippen LogP contribution in [-0.4, -0.2) is 50.8 Å². The molecule has 4 rings (SSSR count). The minimum absolute atomic E-state index is 0.126. The van der Waals surface area contributed by atoms with E-state index < -0.39 is 0 Å². The third-order valence-corrected chi connectivity index (χ3v) is 6.10. The summed E-state index contributed by atoms with van der Waals surface area (Å²) >= 11 is 1.29. The first-order valence-corrected chi connectivity index (χ1v) is 10.0. The number of fused-ring (bicyclic) bond motifs is 1. The summed E-state index contributed by atoms with van der Waals surface area (Å²) in [7, 11) is 0. The summed E-state index contributed by atoms with van der Waals surface area (Å²) in [4.78, 5) is 39.8. The molecule has 3 aliphatic rings. The van der Waals surface area contributed by atoms with Gasteiger partial charge in [0, 0.05) is 5.71 Å². The summed E-state index contributed by atoms with van der Waals surface area (Å²) in [6, 6.07) is 6.69. The van der Waals surface area contributed by atoms with Crippen LogP contribution < -0.4 is 0 Å². The molecule has 27 heavy (non-hydrogen) atoms. The van der Waals surface area contributed by atoms with Gasteiger partial charge in [0.05, 0.1) is 16.9 Å². The molecule has 1 aromatic carbocycles. The Morgan fingerprint density at radius 3 is 2.26 bits per heavy atom. The molecular weight excluding hydrogens is 364 g/mol. The van der Waals surface area contributed by atoms with Crippen molar-refractivity contribution in [2.75, 3.05) is 12.4 Å². The number of hydrogen-bond acceptors (Lipinski definition) is 6. The first kappa shape index (κ1) is 17.9. The maximum Gasteiger partial charge on any atom is 0.263 e. The molecule has 2 fully saturated rings. The lowest BCUT2D eigenvalue weighted by atomic mass is 9.90. The predicted molar refractivity (Wildman–Crippen MR) is 104 cm³/mol. The van der Waals surface area contributed by atoms with Crippen LogP contribution in [0.2, 0.25) is 0 Å². The highest BCUT2D eigenvalue weighted by molar-refractivity contribution is 8.15. The highest BCUT2D eigenvalue weighted by Crippen LogP contribution is 2.26. The largest absolute Gasteiger partial charge is 0.273 e. The molecule has 0 N–H and O–H groups in total. The van der Waals surface area contributed by atoms with E-state index in [4.69, 9.17) is 0 Å². The summed E-state index contributed by atoms with van der Waals surface area (Å²) in [6.07, 6.45) is 4.06. The molecule has 8 heteroatoms. The van der Waals surface area contributed by atoms with Gasteiger partial charge in [0.15, 0.2) is 5.17 Å². The van der Waals surface area contributed by atoms with Gasteiger partial charge in [-0.25, -0.2) is 0 Å². The second kappa shape index (κ2) is 7.26. The van der Waals surface area contributed by atoms with Crippen molar-refractivity contribution < 1.29 is 14.4 Å². The third-order valence-electron chi connectivity index (χ3n) is 5.15. The van der Waals surface area contributed by atoms with Crippen LogP contribution in [0, 0.1) is 5.92 Å². The van der Waals surface area contributed by atoms with Crippen molar-refractivity contribution in [3.8, 4) is 0 Å². The van der Waals surface area contributed by atoms with Crippen molar-refractivity contribution in [2.24, 2.45) is 16.1 Å². The lowest BCUT2D eigenvalue weighted by molar-refractivity contribution is -0.124.